The van der Waals surface area contributed by atoms with E-state index in [0.717, 1.165) is 33.1 Å². The van der Waals surface area contributed by atoms with Gasteiger partial charge in [0.1, 0.15) is 17.4 Å². The monoisotopic (exact) mass is 276 g/mol. The topological polar surface area (TPSA) is 48.1 Å². The first kappa shape index (κ1) is 14.0. The van der Waals surface area contributed by atoms with Gasteiger partial charge in [-0.3, -0.25) is 0 Å². The van der Waals surface area contributed by atoms with E-state index in [1.54, 1.807) is 11.3 Å². The summed E-state index contributed by atoms with van der Waals surface area (Å²) in [6.07, 6.45) is 0. The van der Waals surface area contributed by atoms with Crippen LogP contribution in [0.25, 0.3) is 0 Å². The fourth-order valence-electron chi connectivity index (χ4n) is 2.12. The lowest BCUT2D eigenvalue weighted by atomic mass is 10.1. The Hall–Kier alpha value is -1.39. The highest BCUT2D eigenvalue weighted by Crippen LogP contribution is 2.26. The van der Waals surface area contributed by atoms with E-state index in [0.29, 0.717) is 13.2 Å². The van der Waals surface area contributed by atoms with Gasteiger partial charge < -0.3 is 10.5 Å². The third-order valence-electron chi connectivity index (χ3n) is 3.17. The third-order valence-corrected chi connectivity index (χ3v) is 4.21. The Kier molecular flexibility index (Phi) is 4.22. The second kappa shape index (κ2) is 5.72. The molecule has 2 rings (SSSR count). The predicted octanol–water partition coefficient (Wildman–Crippen LogP) is 3.41. The Morgan fingerprint density at radius 2 is 1.79 bits per heavy atom. The average Bonchev–Trinajstić information content (AvgIpc) is 2.67. The summed E-state index contributed by atoms with van der Waals surface area (Å²) in [6.45, 7) is 9.32. The lowest BCUT2D eigenvalue weighted by molar-refractivity contribution is 0.301. The van der Waals surface area contributed by atoms with Crippen LogP contribution >= 0.6 is 11.3 Å². The second-order valence-electron chi connectivity index (χ2n) is 4.80. The second-order valence-corrected chi connectivity index (χ2v) is 6.09. The van der Waals surface area contributed by atoms with E-state index in [-0.39, 0.29) is 0 Å². The quantitative estimate of drug-likeness (QED) is 0.931. The molecule has 3 nitrogen and oxygen atoms in total. The number of ether oxygens (including phenoxy) is 1. The molecule has 1 aromatic carbocycles. The lowest BCUT2D eigenvalue weighted by Crippen LogP contribution is -2.02. The molecule has 1 heterocycles. The molecule has 0 atom stereocenters. The molecule has 0 saturated heterocycles. The van der Waals surface area contributed by atoms with Crippen molar-refractivity contribution < 1.29 is 4.74 Å². The van der Waals surface area contributed by atoms with Crippen molar-refractivity contribution >= 4 is 11.3 Å². The molecule has 2 aromatic rings. The number of aryl methyl sites for hydroxylation is 4. The molecule has 102 valence electrons. The summed E-state index contributed by atoms with van der Waals surface area (Å²) in [4.78, 5) is 5.75. The minimum atomic E-state index is 0.531. The summed E-state index contributed by atoms with van der Waals surface area (Å²) < 4.78 is 5.93. The van der Waals surface area contributed by atoms with Crippen LogP contribution in [0.15, 0.2) is 12.1 Å². The zero-order valence-corrected chi connectivity index (χ0v) is 12.7. The molecule has 0 saturated carbocycles. The Bertz CT molecular complexity index is 547. The molecule has 19 heavy (non-hydrogen) atoms. The Balaban J connectivity index is 2.15. The molecule has 0 bridgehead atoms. The fraction of sp³-hybridized carbons (Fsp3) is 0.400. The maximum atomic E-state index is 5.93. The predicted molar refractivity (Wildman–Crippen MR) is 79.7 cm³/mol. The first-order chi connectivity index (χ1) is 9.01. The van der Waals surface area contributed by atoms with E-state index >= 15 is 0 Å². The highest BCUT2D eigenvalue weighted by atomic mass is 32.1. The van der Waals surface area contributed by atoms with Crippen molar-refractivity contribution in [1.29, 1.82) is 0 Å². The number of rotatable bonds is 4. The van der Waals surface area contributed by atoms with Gasteiger partial charge in [0.25, 0.3) is 0 Å². The van der Waals surface area contributed by atoms with Gasteiger partial charge >= 0.3 is 0 Å². The van der Waals surface area contributed by atoms with Gasteiger partial charge in [-0.25, -0.2) is 4.98 Å². The molecule has 0 amide bonds. The molecular weight excluding hydrogens is 256 g/mol. The van der Waals surface area contributed by atoms with Gasteiger partial charge in [0.05, 0.1) is 5.69 Å². The van der Waals surface area contributed by atoms with Crippen LogP contribution < -0.4 is 10.5 Å². The van der Waals surface area contributed by atoms with Crippen LogP contribution in [0.2, 0.25) is 0 Å². The molecular formula is C15H20N2OS. The van der Waals surface area contributed by atoms with Gasteiger partial charge in [-0.1, -0.05) is 12.1 Å². The number of nitrogens with zero attached hydrogens (tertiary/aromatic N) is 1. The van der Waals surface area contributed by atoms with Crippen molar-refractivity contribution in [2.75, 3.05) is 0 Å². The first-order valence-corrected chi connectivity index (χ1v) is 7.18. The number of hydrogen-bond donors (Lipinski definition) is 1. The summed E-state index contributed by atoms with van der Waals surface area (Å²) in [5.74, 6) is 0.947. The van der Waals surface area contributed by atoms with Gasteiger partial charge in [-0.15, -0.1) is 11.3 Å². The first-order valence-electron chi connectivity index (χ1n) is 6.37. The van der Waals surface area contributed by atoms with Crippen molar-refractivity contribution in [2.24, 2.45) is 5.73 Å². The van der Waals surface area contributed by atoms with Gasteiger partial charge in [-0.2, -0.15) is 0 Å². The molecule has 0 aliphatic carbocycles. The van der Waals surface area contributed by atoms with Crippen LogP contribution in [0.3, 0.4) is 0 Å². The van der Waals surface area contributed by atoms with E-state index < -0.39 is 0 Å². The molecule has 1 aromatic heterocycles. The Labute approximate surface area is 118 Å². The summed E-state index contributed by atoms with van der Waals surface area (Å²) in [7, 11) is 0. The van der Waals surface area contributed by atoms with E-state index in [9.17, 15) is 0 Å². The van der Waals surface area contributed by atoms with Gasteiger partial charge in [-0.05, 0) is 44.4 Å². The Morgan fingerprint density at radius 1 is 1.16 bits per heavy atom. The minimum Gasteiger partial charge on any atom is -0.486 e. The number of aromatic nitrogens is 1. The van der Waals surface area contributed by atoms with E-state index in [1.165, 1.54) is 4.88 Å². The summed E-state index contributed by atoms with van der Waals surface area (Å²) in [5, 5.41) is 1.02. The molecule has 0 fully saturated rings. The van der Waals surface area contributed by atoms with Crippen molar-refractivity contribution in [1.82, 2.24) is 4.98 Å². The fourth-order valence-corrected chi connectivity index (χ4v) is 2.97. The molecule has 0 aliphatic rings. The third kappa shape index (κ3) is 3.14. The van der Waals surface area contributed by atoms with Crippen molar-refractivity contribution in [3.63, 3.8) is 0 Å². The largest absolute Gasteiger partial charge is 0.486 e. The van der Waals surface area contributed by atoms with Crippen molar-refractivity contribution in [3.05, 3.63) is 44.4 Å². The van der Waals surface area contributed by atoms with Crippen molar-refractivity contribution in [2.45, 2.75) is 40.8 Å². The molecule has 4 heteroatoms. The maximum Gasteiger partial charge on any atom is 0.140 e. The van der Waals surface area contributed by atoms with E-state index in [4.69, 9.17) is 10.5 Å². The summed E-state index contributed by atoms with van der Waals surface area (Å²) >= 11 is 1.70. The van der Waals surface area contributed by atoms with Crippen LogP contribution in [0.1, 0.15) is 32.3 Å². The lowest BCUT2D eigenvalue weighted by Gasteiger charge is -2.12. The molecule has 0 aliphatic heterocycles. The highest BCUT2D eigenvalue weighted by molar-refractivity contribution is 7.11. The number of benzene rings is 1. The molecule has 0 unspecified atom stereocenters. The van der Waals surface area contributed by atoms with Crippen LogP contribution in [0.5, 0.6) is 5.75 Å². The number of nitrogens with two attached hydrogens (primary N) is 1. The molecule has 2 N–H and O–H groups in total. The van der Waals surface area contributed by atoms with Gasteiger partial charge in [0.2, 0.25) is 0 Å². The van der Waals surface area contributed by atoms with E-state index in [1.807, 2.05) is 6.92 Å². The highest BCUT2D eigenvalue weighted by Gasteiger charge is 2.09. The Morgan fingerprint density at radius 3 is 2.26 bits per heavy atom. The zero-order valence-electron chi connectivity index (χ0n) is 11.9. The smallest absolute Gasteiger partial charge is 0.140 e. The number of hydrogen-bond acceptors (Lipinski definition) is 4. The zero-order chi connectivity index (χ0) is 14.0. The van der Waals surface area contributed by atoms with Gasteiger partial charge in [0.15, 0.2) is 0 Å². The van der Waals surface area contributed by atoms with E-state index in [2.05, 4.69) is 37.9 Å². The van der Waals surface area contributed by atoms with Crippen LogP contribution in [-0.4, -0.2) is 4.98 Å². The van der Waals surface area contributed by atoms with Crippen LogP contribution in [-0.2, 0) is 13.2 Å². The van der Waals surface area contributed by atoms with Crippen LogP contribution in [0, 0.1) is 27.7 Å². The summed E-state index contributed by atoms with van der Waals surface area (Å²) in [5.41, 5.74) is 10.2. The standard InChI is InChI=1S/C15H20N2OS/c1-9-5-13(7-16)6-10(2)15(9)18-8-14-17-11(3)12(4)19-14/h5-6H,7-8,16H2,1-4H3. The van der Waals surface area contributed by atoms with Crippen molar-refractivity contribution in [3.8, 4) is 5.75 Å². The molecule has 0 radical (unpaired) electrons. The normalized spacial score (nSPS) is 10.8. The van der Waals surface area contributed by atoms with Crippen LogP contribution in [0.4, 0.5) is 0 Å². The minimum absolute atomic E-state index is 0.531. The number of thiazole rings is 1. The van der Waals surface area contributed by atoms with Gasteiger partial charge in [0, 0.05) is 11.4 Å². The average molecular weight is 276 g/mol. The maximum absolute atomic E-state index is 5.93. The SMILES string of the molecule is Cc1cc(CN)cc(C)c1OCc1nc(C)c(C)s1. The summed E-state index contributed by atoms with van der Waals surface area (Å²) in [6, 6.07) is 4.17. The molecule has 0 spiro atoms.